The van der Waals surface area contributed by atoms with Crippen LogP contribution in [0.4, 0.5) is 5.69 Å². The maximum atomic E-state index is 13.0. The van der Waals surface area contributed by atoms with Crippen molar-refractivity contribution in [2.75, 3.05) is 37.6 Å². The predicted octanol–water partition coefficient (Wildman–Crippen LogP) is 4.34. The minimum absolute atomic E-state index is 0.153. The zero-order valence-electron chi connectivity index (χ0n) is 17.9. The number of piperidine rings is 2. The van der Waals surface area contributed by atoms with Crippen LogP contribution in [0.1, 0.15) is 53.6 Å². The first kappa shape index (κ1) is 19.6. The number of fused-ring (bicyclic) bond motifs is 1. The van der Waals surface area contributed by atoms with E-state index in [1.807, 2.05) is 17.0 Å². The van der Waals surface area contributed by atoms with Gasteiger partial charge in [0.15, 0.2) is 0 Å². The van der Waals surface area contributed by atoms with Crippen LogP contribution in [0.3, 0.4) is 0 Å². The molecule has 30 heavy (non-hydrogen) atoms. The van der Waals surface area contributed by atoms with E-state index in [0.29, 0.717) is 0 Å². The Bertz CT molecular complexity index is 864. The average Bonchev–Trinajstić information content (AvgIpc) is 2.84. The Kier molecular flexibility index (Phi) is 5.76. The molecule has 0 bridgehead atoms. The highest BCUT2D eigenvalue weighted by atomic mass is 16.2. The summed E-state index contributed by atoms with van der Waals surface area (Å²) in [6, 6.07) is 17.6. The van der Waals surface area contributed by atoms with E-state index in [-0.39, 0.29) is 5.91 Å². The van der Waals surface area contributed by atoms with Crippen molar-refractivity contribution in [1.29, 1.82) is 0 Å². The number of benzene rings is 2. The molecule has 0 unspecified atom stereocenters. The van der Waals surface area contributed by atoms with Gasteiger partial charge >= 0.3 is 0 Å². The Morgan fingerprint density at radius 2 is 1.47 bits per heavy atom. The maximum Gasteiger partial charge on any atom is 0.254 e. The average molecular weight is 404 g/mol. The highest BCUT2D eigenvalue weighted by Crippen LogP contribution is 2.26. The third kappa shape index (κ3) is 4.11. The molecule has 2 aromatic carbocycles. The lowest BCUT2D eigenvalue weighted by Gasteiger charge is -2.41. The van der Waals surface area contributed by atoms with Gasteiger partial charge in [-0.05, 0) is 80.6 Å². The van der Waals surface area contributed by atoms with Gasteiger partial charge in [0.2, 0.25) is 0 Å². The van der Waals surface area contributed by atoms with E-state index in [1.54, 1.807) is 0 Å². The molecule has 3 aliphatic rings. The zero-order chi connectivity index (χ0) is 20.3. The van der Waals surface area contributed by atoms with E-state index in [4.69, 9.17) is 0 Å². The molecule has 0 atom stereocenters. The van der Waals surface area contributed by atoms with E-state index in [1.165, 1.54) is 62.0 Å². The van der Waals surface area contributed by atoms with Crippen molar-refractivity contribution in [2.45, 2.75) is 51.1 Å². The maximum absolute atomic E-state index is 13.0. The van der Waals surface area contributed by atoms with Crippen molar-refractivity contribution in [1.82, 2.24) is 9.80 Å². The van der Waals surface area contributed by atoms with Gasteiger partial charge in [-0.1, -0.05) is 30.7 Å². The van der Waals surface area contributed by atoms with Crippen LogP contribution in [0.5, 0.6) is 0 Å². The molecule has 0 spiro atoms. The number of anilines is 1. The molecule has 3 heterocycles. The zero-order valence-corrected chi connectivity index (χ0v) is 17.9. The standard InChI is InChI=1S/C26H33N3O/c30-26(29-17-12-21-6-2-3-7-23(21)20-29)22-8-10-24(11-9-22)28-18-13-25(14-19-28)27-15-4-1-5-16-27/h2-3,6-11,25H,1,4-5,12-20H2. The lowest BCUT2D eigenvalue weighted by atomic mass is 9.98. The third-order valence-corrected chi connectivity index (χ3v) is 7.27. The number of carbonyl (C=O) groups is 1. The second kappa shape index (κ2) is 8.81. The summed E-state index contributed by atoms with van der Waals surface area (Å²) in [6.07, 6.45) is 7.62. The van der Waals surface area contributed by atoms with Crippen molar-refractivity contribution in [3.05, 3.63) is 65.2 Å². The van der Waals surface area contributed by atoms with Gasteiger partial charge in [0, 0.05) is 43.5 Å². The molecule has 3 aliphatic heterocycles. The number of likely N-dealkylation sites (tertiary alicyclic amines) is 1. The van der Waals surface area contributed by atoms with Gasteiger partial charge < -0.3 is 14.7 Å². The molecule has 158 valence electrons. The molecule has 4 heteroatoms. The van der Waals surface area contributed by atoms with E-state index in [9.17, 15) is 4.79 Å². The SMILES string of the molecule is O=C(c1ccc(N2CCC(N3CCCCC3)CC2)cc1)N1CCc2ccccc2C1. The summed E-state index contributed by atoms with van der Waals surface area (Å²) in [5.74, 6) is 0.153. The molecule has 5 rings (SSSR count). The summed E-state index contributed by atoms with van der Waals surface area (Å²) in [7, 11) is 0. The Morgan fingerprint density at radius 3 is 2.20 bits per heavy atom. The number of hydrogen-bond acceptors (Lipinski definition) is 3. The van der Waals surface area contributed by atoms with Crippen molar-refractivity contribution in [3.8, 4) is 0 Å². The summed E-state index contributed by atoms with van der Waals surface area (Å²) >= 11 is 0. The number of carbonyl (C=O) groups excluding carboxylic acids is 1. The van der Waals surface area contributed by atoms with Gasteiger partial charge in [-0.3, -0.25) is 4.79 Å². The van der Waals surface area contributed by atoms with Crippen LogP contribution in [0, 0.1) is 0 Å². The van der Waals surface area contributed by atoms with Crippen LogP contribution in [0.15, 0.2) is 48.5 Å². The molecular weight excluding hydrogens is 370 g/mol. The summed E-state index contributed by atoms with van der Waals surface area (Å²) in [5.41, 5.74) is 4.73. The highest BCUT2D eigenvalue weighted by molar-refractivity contribution is 5.94. The Labute approximate surface area is 180 Å². The molecule has 0 radical (unpaired) electrons. The van der Waals surface area contributed by atoms with Gasteiger partial charge in [0.25, 0.3) is 5.91 Å². The van der Waals surface area contributed by atoms with Crippen molar-refractivity contribution >= 4 is 11.6 Å². The minimum Gasteiger partial charge on any atom is -0.371 e. The fraction of sp³-hybridized carbons (Fsp3) is 0.500. The van der Waals surface area contributed by atoms with Crippen molar-refractivity contribution in [2.24, 2.45) is 0 Å². The molecular formula is C26H33N3O. The largest absolute Gasteiger partial charge is 0.371 e. The number of rotatable bonds is 3. The molecule has 0 aliphatic carbocycles. The fourth-order valence-electron chi connectivity index (χ4n) is 5.44. The van der Waals surface area contributed by atoms with Gasteiger partial charge in [0.05, 0.1) is 0 Å². The summed E-state index contributed by atoms with van der Waals surface area (Å²) in [5, 5.41) is 0. The second-order valence-electron chi connectivity index (χ2n) is 9.11. The van der Waals surface area contributed by atoms with Gasteiger partial charge in [-0.15, -0.1) is 0 Å². The molecule has 0 saturated carbocycles. The lowest BCUT2D eigenvalue weighted by molar-refractivity contribution is 0.0734. The number of nitrogens with zero attached hydrogens (tertiary/aromatic N) is 3. The first-order valence-electron chi connectivity index (χ1n) is 11.7. The number of hydrogen-bond donors (Lipinski definition) is 0. The fourth-order valence-corrected chi connectivity index (χ4v) is 5.44. The minimum atomic E-state index is 0.153. The van der Waals surface area contributed by atoms with Crippen LogP contribution in [-0.2, 0) is 13.0 Å². The quantitative estimate of drug-likeness (QED) is 0.763. The van der Waals surface area contributed by atoms with Crippen molar-refractivity contribution < 1.29 is 4.79 Å². The molecule has 1 amide bonds. The molecule has 2 saturated heterocycles. The van der Waals surface area contributed by atoms with Gasteiger partial charge in [-0.25, -0.2) is 0 Å². The van der Waals surface area contributed by atoms with E-state index >= 15 is 0 Å². The van der Waals surface area contributed by atoms with Gasteiger partial charge in [0.1, 0.15) is 0 Å². The summed E-state index contributed by atoms with van der Waals surface area (Å²) in [4.78, 5) is 20.2. The van der Waals surface area contributed by atoms with Crippen LogP contribution < -0.4 is 4.90 Å². The molecule has 2 fully saturated rings. The molecule has 0 aromatic heterocycles. The monoisotopic (exact) mass is 403 g/mol. The highest BCUT2D eigenvalue weighted by Gasteiger charge is 2.26. The normalized spacial score (nSPS) is 20.8. The van der Waals surface area contributed by atoms with Crippen LogP contribution >= 0.6 is 0 Å². The first-order chi connectivity index (χ1) is 14.8. The van der Waals surface area contributed by atoms with E-state index in [0.717, 1.165) is 44.2 Å². The predicted molar refractivity (Wildman–Crippen MR) is 122 cm³/mol. The van der Waals surface area contributed by atoms with E-state index in [2.05, 4.69) is 46.2 Å². The lowest BCUT2D eigenvalue weighted by Crippen LogP contribution is -2.46. The Morgan fingerprint density at radius 1 is 0.767 bits per heavy atom. The van der Waals surface area contributed by atoms with Crippen molar-refractivity contribution in [3.63, 3.8) is 0 Å². The first-order valence-corrected chi connectivity index (χ1v) is 11.7. The van der Waals surface area contributed by atoms with Gasteiger partial charge in [-0.2, -0.15) is 0 Å². The smallest absolute Gasteiger partial charge is 0.254 e. The van der Waals surface area contributed by atoms with Crippen LogP contribution in [-0.4, -0.2) is 54.5 Å². The Balaban J connectivity index is 1.18. The molecule has 0 N–H and O–H groups in total. The topological polar surface area (TPSA) is 26.8 Å². The van der Waals surface area contributed by atoms with Crippen LogP contribution in [0.25, 0.3) is 0 Å². The molecule has 4 nitrogen and oxygen atoms in total. The summed E-state index contributed by atoms with van der Waals surface area (Å²) in [6.45, 7) is 6.36. The van der Waals surface area contributed by atoms with Crippen LogP contribution in [0.2, 0.25) is 0 Å². The third-order valence-electron chi connectivity index (χ3n) is 7.27. The summed E-state index contributed by atoms with van der Waals surface area (Å²) < 4.78 is 0. The molecule has 2 aromatic rings. The second-order valence-corrected chi connectivity index (χ2v) is 9.11. The Hall–Kier alpha value is -2.33. The number of amides is 1. The van der Waals surface area contributed by atoms with E-state index < -0.39 is 0 Å².